The smallest absolute Gasteiger partial charge is 0.417 e. The van der Waals surface area contributed by atoms with E-state index in [-0.39, 0.29) is 10.2 Å². The predicted octanol–water partition coefficient (Wildman–Crippen LogP) is 2.76. The highest BCUT2D eigenvalue weighted by atomic mass is 79.9. The van der Waals surface area contributed by atoms with Crippen LogP contribution in [-0.2, 0) is 6.18 Å². The van der Waals surface area contributed by atoms with Gasteiger partial charge in [-0.2, -0.15) is 13.2 Å². The molecule has 1 rings (SSSR count). The summed E-state index contributed by atoms with van der Waals surface area (Å²) in [4.78, 5) is 0. The van der Waals surface area contributed by atoms with Gasteiger partial charge in [0.05, 0.1) is 15.7 Å². The maximum atomic E-state index is 12.2. The van der Waals surface area contributed by atoms with Crippen molar-refractivity contribution in [1.82, 2.24) is 0 Å². The van der Waals surface area contributed by atoms with Crippen LogP contribution in [0.4, 0.5) is 18.9 Å². The summed E-state index contributed by atoms with van der Waals surface area (Å²) in [6.07, 6.45) is -4.52. The van der Waals surface area contributed by atoms with Gasteiger partial charge in [0, 0.05) is 6.07 Å². The second kappa shape index (κ2) is 3.10. The summed E-state index contributed by atoms with van der Waals surface area (Å²) in [5.74, 6) is -0.506. The van der Waals surface area contributed by atoms with E-state index >= 15 is 0 Å². The average Bonchev–Trinajstić information content (AvgIpc) is 1.94. The van der Waals surface area contributed by atoms with Gasteiger partial charge in [0.2, 0.25) is 0 Å². The Bertz CT molecular complexity index is 337. The SMILES string of the molecule is Nc1cc(O)cc(C(F)(F)F)c1Br. The fourth-order valence-corrected chi connectivity index (χ4v) is 1.29. The molecule has 0 aliphatic heterocycles. The van der Waals surface area contributed by atoms with Crippen LogP contribution in [0.5, 0.6) is 5.75 Å². The summed E-state index contributed by atoms with van der Waals surface area (Å²) in [5, 5.41) is 8.88. The standard InChI is InChI=1S/C7H5BrF3NO/c8-6-4(7(9,10)11)1-3(13)2-5(6)12/h1-2,13H,12H2. The maximum Gasteiger partial charge on any atom is 0.417 e. The van der Waals surface area contributed by atoms with Gasteiger partial charge in [0.25, 0.3) is 0 Å². The van der Waals surface area contributed by atoms with E-state index in [1.807, 2.05) is 0 Å². The minimum absolute atomic E-state index is 0.146. The maximum absolute atomic E-state index is 12.2. The molecule has 0 radical (unpaired) electrons. The molecule has 1 aromatic rings. The monoisotopic (exact) mass is 255 g/mol. The molecule has 0 aromatic heterocycles. The second-order valence-corrected chi connectivity index (χ2v) is 3.19. The van der Waals surface area contributed by atoms with Crippen LogP contribution >= 0.6 is 15.9 Å². The summed E-state index contributed by atoms with van der Waals surface area (Å²) >= 11 is 2.69. The summed E-state index contributed by atoms with van der Waals surface area (Å²) in [5.41, 5.74) is 4.08. The first-order chi connectivity index (χ1) is 5.82. The van der Waals surface area contributed by atoms with E-state index in [0.29, 0.717) is 6.07 Å². The summed E-state index contributed by atoms with van der Waals surface area (Å²) in [6.45, 7) is 0. The summed E-state index contributed by atoms with van der Waals surface area (Å²) in [6, 6.07) is 1.65. The van der Waals surface area contributed by atoms with E-state index in [0.717, 1.165) is 6.07 Å². The van der Waals surface area contributed by atoms with E-state index in [1.54, 1.807) is 0 Å². The van der Waals surface area contributed by atoms with E-state index in [1.165, 1.54) is 0 Å². The molecule has 1 aromatic carbocycles. The van der Waals surface area contributed by atoms with Crippen molar-refractivity contribution < 1.29 is 18.3 Å². The van der Waals surface area contributed by atoms with Gasteiger partial charge in [-0.15, -0.1) is 0 Å². The minimum atomic E-state index is -4.52. The number of nitrogen functional groups attached to an aromatic ring is 1. The topological polar surface area (TPSA) is 46.2 Å². The highest BCUT2D eigenvalue weighted by molar-refractivity contribution is 9.10. The zero-order chi connectivity index (χ0) is 10.2. The van der Waals surface area contributed by atoms with Gasteiger partial charge >= 0.3 is 6.18 Å². The number of anilines is 1. The molecular weight excluding hydrogens is 251 g/mol. The molecule has 0 amide bonds. The molecule has 13 heavy (non-hydrogen) atoms. The van der Waals surface area contributed by atoms with E-state index in [4.69, 9.17) is 10.8 Å². The normalized spacial score (nSPS) is 11.7. The van der Waals surface area contributed by atoms with Gasteiger partial charge < -0.3 is 10.8 Å². The Balaban J connectivity index is 3.37. The largest absolute Gasteiger partial charge is 0.508 e. The van der Waals surface area contributed by atoms with Crippen LogP contribution in [-0.4, -0.2) is 5.11 Å². The fraction of sp³-hybridized carbons (Fsp3) is 0.143. The van der Waals surface area contributed by atoms with Crippen molar-refractivity contribution in [3.8, 4) is 5.75 Å². The number of hydrogen-bond acceptors (Lipinski definition) is 2. The van der Waals surface area contributed by atoms with Crippen molar-refractivity contribution in [2.45, 2.75) is 6.18 Å². The molecule has 0 spiro atoms. The van der Waals surface area contributed by atoms with Crippen LogP contribution in [0.3, 0.4) is 0 Å². The van der Waals surface area contributed by atoms with Gasteiger partial charge in [-0.25, -0.2) is 0 Å². The highest BCUT2D eigenvalue weighted by Crippen LogP contribution is 2.39. The molecule has 0 aliphatic carbocycles. The molecule has 0 saturated heterocycles. The Kier molecular flexibility index (Phi) is 2.42. The second-order valence-electron chi connectivity index (χ2n) is 2.39. The van der Waals surface area contributed by atoms with Crippen LogP contribution in [0.25, 0.3) is 0 Å². The lowest BCUT2D eigenvalue weighted by molar-refractivity contribution is -0.138. The number of rotatable bonds is 0. The number of benzene rings is 1. The third kappa shape index (κ3) is 2.06. The lowest BCUT2D eigenvalue weighted by Gasteiger charge is -2.10. The first-order valence-corrected chi connectivity index (χ1v) is 3.97. The molecule has 0 atom stereocenters. The van der Waals surface area contributed by atoms with Crippen molar-refractivity contribution in [3.63, 3.8) is 0 Å². The van der Waals surface area contributed by atoms with Crippen LogP contribution in [0.1, 0.15) is 5.56 Å². The van der Waals surface area contributed by atoms with Crippen molar-refractivity contribution in [3.05, 3.63) is 22.2 Å². The lowest BCUT2D eigenvalue weighted by atomic mass is 10.2. The number of nitrogens with two attached hydrogens (primary N) is 1. The molecule has 6 heteroatoms. The van der Waals surface area contributed by atoms with Gasteiger partial charge in [-0.05, 0) is 22.0 Å². The quantitative estimate of drug-likeness (QED) is 0.701. The predicted molar refractivity (Wildman–Crippen MR) is 45.2 cm³/mol. The molecule has 0 bridgehead atoms. The third-order valence-corrected chi connectivity index (χ3v) is 2.28. The Morgan fingerprint density at radius 2 is 1.85 bits per heavy atom. The van der Waals surface area contributed by atoms with Gasteiger partial charge in [0.1, 0.15) is 5.75 Å². The van der Waals surface area contributed by atoms with Crippen molar-refractivity contribution in [2.75, 3.05) is 5.73 Å². The molecule has 0 saturated carbocycles. The Labute approximate surface area is 80.3 Å². The number of phenolic OH excluding ortho intramolecular Hbond substituents is 1. The fourth-order valence-electron chi connectivity index (χ4n) is 0.837. The molecule has 3 N–H and O–H groups in total. The third-order valence-electron chi connectivity index (χ3n) is 1.39. The Hall–Kier alpha value is -0.910. The highest BCUT2D eigenvalue weighted by Gasteiger charge is 2.34. The molecule has 0 unspecified atom stereocenters. The Morgan fingerprint density at radius 1 is 1.31 bits per heavy atom. The number of aromatic hydroxyl groups is 1. The van der Waals surface area contributed by atoms with Crippen LogP contribution < -0.4 is 5.73 Å². The molecule has 72 valence electrons. The van der Waals surface area contributed by atoms with Crippen molar-refractivity contribution in [2.24, 2.45) is 0 Å². The van der Waals surface area contributed by atoms with Crippen LogP contribution in [0, 0.1) is 0 Å². The number of hydrogen-bond donors (Lipinski definition) is 2. The molecule has 0 heterocycles. The minimum Gasteiger partial charge on any atom is -0.508 e. The number of alkyl halides is 3. The van der Waals surface area contributed by atoms with E-state index in [2.05, 4.69) is 15.9 Å². The van der Waals surface area contributed by atoms with Crippen molar-refractivity contribution >= 4 is 21.6 Å². The van der Waals surface area contributed by atoms with E-state index in [9.17, 15) is 13.2 Å². The lowest BCUT2D eigenvalue weighted by Crippen LogP contribution is -2.07. The van der Waals surface area contributed by atoms with Gasteiger partial charge in [-0.3, -0.25) is 0 Å². The van der Waals surface area contributed by atoms with Crippen LogP contribution in [0.15, 0.2) is 16.6 Å². The average molecular weight is 256 g/mol. The zero-order valence-corrected chi connectivity index (χ0v) is 7.78. The molecular formula is C7H5BrF3NO. The Morgan fingerprint density at radius 3 is 2.31 bits per heavy atom. The van der Waals surface area contributed by atoms with Gasteiger partial charge in [-0.1, -0.05) is 0 Å². The van der Waals surface area contributed by atoms with Crippen molar-refractivity contribution in [1.29, 1.82) is 0 Å². The zero-order valence-electron chi connectivity index (χ0n) is 6.19. The number of phenols is 1. The van der Waals surface area contributed by atoms with Gasteiger partial charge in [0.15, 0.2) is 0 Å². The summed E-state index contributed by atoms with van der Waals surface area (Å²) in [7, 11) is 0. The number of halogens is 4. The van der Waals surface area contributed by atoms with Crippen LogP contribution in [0.2, 0.25) is 0 Å². The molecule has 2 nitrogen and oxygen atoms in total. The summed E-state index contributed by atoms with van der Waals surface area (Å²) < 4.78 is 36.4. The molecule has 0 fully saturated rings. The molecule has 0 aliphatic rings. The van der Waals surface area contributed by atoms with E-state index < -0.39 is 17.5 Å². The first-order valence-electron chi connectivity index (χ1n) is 3.17. The first kappa shape index (κ1) is 10.2.